The van der Waals surface area contributed by atoms with Gasteiger partial charge in [-0.2, -0.15) is 5.10 Å². The van der Waals surface area contributed by atoms with Gasteiger partial charge in [0, 0.05) is 36.9 Å². The van der Waals surface area contributed by atoms with E-state index < -0.39 is 5.82 Å². The molecule has 2 amide bonds. The second kappa shape index (κ2) is 10.8. The van der Waals surface area contributed by atoms with Crippen LogP contribution in [0.1, 0.15) is 27.9 Å². The molecule has 0 aliphatic heterocycles. The van der Waals surface area contributed by atoms with E-state index in [4.69, 9.17) is 4.74 Å². The van der Waals surface area contributed by atoms with Crippen molar-refractivity contribution in [2.75, 3.05) is 12.4 Å². The number of hydrogen-bond acceptors (Lipinski definition) is 5. The zero-order valence-corrected chi connectivity index (χ0v) is 20.0. The molecule has 2 aromatic heterocycles. The second-order valence-corrected chi connectivity index (χ2v) is 8.24. The Kier molecular flexibility index (Phi) is 7.39. The first-order valence-electron chi connectivity index (χ1n) is 11.4. The first kappa shape index (κ1) is 24.6. The summed E-state index contributed by atoms with van der Waals surface area (Å²) in [5.74, 6) is -0.719. The van der Waals surface area contributed by atoms with Gasteiger partial charge in [-0.1, -0.05) is 12.1 Å². The van der Waals surface area contributed by atoms with Gasteiger partial charge in [0.05, 0.1) is 23.8 Å². The van der Waals surface area contributed by atoms with Crippen LogP contribution in [0, 0.1) is 12.7 Å². The molecular formula is C27H26FN5O3. The highest BCUT2D eigenvalue weighted by Crippen LogP contribution is 2.33. The summed E-state index contributed by atoms with van der Waals surface area (Å²) < 4.78 is 22.8. The van der Waals surface area contributed by atoms with Gasteiger partial charge in [0.1, 0.15) is 5.75 Å². The third kappa shape index (κ3) is 5.57. The largest absolute Gasteiger partial charge is 0.453 e. The lowest BCUT2D eigenvalue weighted by molar-refractivity contribution is -0.115. The lowest BCUT2D eigenvalue weighted by Gasteiger charge is -2.14. The molecule has 2 N–H and O–H groups in total. The molecule has 0 atom stereocenters. The Balaban J connectivity index is 1.51. The number of ether oxygens (including phenoxy) is 1. The summed E-state index contributed by atoms with van der Waals surface area (Å²) in [4.78, 5) is 28.8. The monoisotopic (exact) mass is 487 g/mol. The third-order valence-electron chi connectivity index (χ3n) is 5.54. The van der Waals surface area contributed by atoms with E-state index in [2.05, 4.69) is 27.3 Å². The summed E-state index contributed by atoms with van der Waals surface area (Å²) in [7, 11) is 1.55. The molecule has 8 nitrogen and oxygen atoms in total. The van der Waals surface area contributed by atoms with Crippen molar-refractivity contribution >= 4 is 28.4 Å². The molecule has 9 heteroatoms. The number of benzene rings is 2. The second-order valence-electron chi connectivity index (χ2n) is 8.24. The maximum Gasteiger partial charge on any atom is 0.251 e. The summed E-state index contributed by atoms with van der Waals surface area (Å²) in [5.41, 5.74) is 2.66. The van der Waals surface area contributed by atoms with Gasteiger partial charge in [0.2, 0.25) is 5.91 Å². The number of pyridine rings is 1. The number of halogens is 1. The van der Waals surface area contributed by atoms with Crippen LogP contribution in [-0.2, 0) is 17.8 Å². The van der Waals surface area contributed by atoms with Crippen molar-refractivity contribution in [1.29, 1.82) is 0 Å². The first-order chi connectivity index (χ1) is 17.4. The molecule has 0 aliphatic carbocycles. The summed E-state index contributed by atoms with van der Waals surface area (Å²) in [6.07, 6.45) is 7.42. The predicted molar refractivity (Wildman–Crippen MR) is 136 cm³/mol. The highest BCUT2D eigenvalue weighted by atomic mass is 19.1. The van der Waals surface area contributed by atoms with E-state index in [1.807, 2.05) is 0 Å². The minimum atomic E-state index is -0.595. The zero-order chi connectivity index (χ0) is 25.7. The van der Waals surface area contributed by atoms with Crippen LogP contribution in [0.2, 0.25) is 0 Å². The summed E-state index contributed by atoms with van der Waals surface area (Å²) >= 11 is 0. The Morgan fingerprint density at radius 2 is 2.06 bits per heavy atom. The van der Waals surface area contributed by atoms with E-state index in [0.29, 0.717) is 45.6 Å². The summed E-state index contributed by atoms with van der Waals surface area (Å²) in [6.45, 7) is 6.06. The average molecular weight is 488 g/mol. The molecule has 4 aromatic rings. The van der Waals surface area contributed by atoms with Crippen LogP contribution in [0.3, 0.4) is 0 Å². The molecule has 0 saturated carbocycles. The van der Waals surface area contributed by atoms with Crippen LogP contribution >= 0.6 is 0 Å². The Morgan fingerprint density at radius 1 is 1.22 bits per heavy atom. The number of fused-ring (bicyclic) bond motifs is 1. The normalized spacial score (nSPS) is 10.8. The number of nitrogens with zero attached hydrogens (tertiary/aromatic N) is 3. The fourth-order valence-electron chi connectivity index (χ4n) is 3.80. The number of rotatable bonds is 9. The predicted octanol–water partition coefficient (Wildman–Crippen LogP) is 4.79. The molecule has 0 bridgehead atoms. The minimum Gasteiger partial charge on any atom is -0.453 e. The lowest BCUT2D eigenvalue weighted by Crippen LogP contribution is -2.17. The van der Waals surface area contributed by atoms with Crippen molar-refractivity contribution in [3.63, 3.8) is 0 Å². The van der Waals surface area contributed by atoms with E-state index in [1.54, 1.807) is 73.7 Å². The van der Waals surface area contributed by atoms with Crippen molar-refractivity contribution in [3.05, 3.63) is 90.2 Å². The molecule has 0 spiro atoms. The summed E-state index contributed by atoms with van der Waals surface area (Å²) in [5, 5.41) is 10.1. The highest BCUT2D eigenvalue weighted by Gasteiger charge is 2.16. The molecule has 0 unspecified atom stereocenters. The number of hydrogen-bond donors (Lipinski definition) is 2. The Hall–Kier alpha value is -4.53. The van der Waals surface area contributed by atoms with Crippen molar-refractivity contribution in [2.24, 2.45) is 0 Å². The van der Waals surface area contributed by atoms with Gasteiger partial charge in [-0.15, -0.1) is 6.58 Å². The van der Waals surface area contributed by atoms with Gasteiger partial charge in [-0.05, 0) is 54.8 Å². The van der Waals surface area contributed by atoms with Gasteiger partial charge in [0.15, 0.2) is 11.6 Å². The molecule has 184 valence electrons. The maximum absolute atomic E-state index is 15.1. The number of allylic oxidation sites excluding steroid dienone is 1. The number of carbonyl (C=O) groups is 2. The van der Waals surface area contributed by atoms with Crippen molar-refractivity contribution in [2.45, 2.75) is 26.3 Å². The molecule has 4 rings (SSSR count). The fourth-order valence-corrected chi connectivity index (χ4v) is 3.80. The van der Waals surface area contributed by atoms with Crippen LogP contribution in [-0.4, -0.2) is 33.6 Å². The molecule has 36 heavy (non-hydrogen) atoms. The van der Waals surface area contributed by atoms with E-state index in [0.717, 1.165) is 6.42 Å². The maximum atomic E-state index is 15.1. The minimum absolute atomic E-state index is 0.0104. The Bertz CT molecular complexity index is 1420. The number of carbonyl (C=O) groups excluding carboxylic acids is 2. The van der Waals surface area contributed by atoms with Crippen LogP contribution < -0.4 is 15.4 Å². The Morgan fingerprint density at radius 3 is 2.81 bits per heavy atom. The van der Waals surface area contributed by atoms with Gasteiger partial charge in [0.25, 0.3) is 5.91 Å². The van der Waals surface area contributed by atoms with Crippen LogP contribution in [0.4, 0.5) is 10.1 Å². The molecular weight excluding hydrogens is 461 g/mol. The van der Waals surface area contributed by atoms with Crippen LogP contribution in [0.25, 0.3) is 10.9 Å². The number of amides is 2. The van der Waals surface area contributed by atoms with Gasteiger partial charge >= 0.3 is 0 Å². The highest BCUT2D eigenvalue weighted by molar-refractivity contribution is 5.99. The average Bonchev–Trinajstić information content (AvgIpc) is 3.31. The molecule has 2 heterocycles. The first-order valence-corrected chi connectivity index (χ1v) is 11.4. The molecule has 0 saturated heterocycles. The topological polar surface area (TPSA) is 98.1 Å². The van der Waals surface area contributed by atoms with E-state index in [1.165, 1.54) is 6.07 Å². The number of nitrogens with one attached hydrogen (secondary N) is 2. The Labute approximate surface area is 207 Å². The third-order valence-corrected chi connectivity index (χ3v) is 5.54. The molecule has 0 aliphatic rings. The molecule has 0 radical (unpaired) electrons. The van der Waals surface area contributed by atoms with Crippen molar-refractivity contribution in [3.8, 4) is 11.5 Å². The van der Waals surface area contributed by atoms with Crippen molar-refractivity contribution < 1.29 is 18.7 Å². The van der Waals surface area contributed by atoms with Gasteiger partial charge in [-0.3, -0.25) is 19.3 Å². The van der Waals surface area contributed by atoms with Crippen LogP contribution in [0.5, 0.6) is 11.5 Å². The van der Waals surface area contributed by atoms with E-state index in [9.17, 15) is 9.59 Å². The van der Waals surface area contributed by atoms with Crippen molar-refractivity contribution in [1.82, 2.24) is 20.1 Å². The number of aromatic nitrogens is 3. The number of aryl methyl sites for hydroxylation is 2. The number of anilines is 1. The zero-order valence-electron chi connectivity index (χ0n) is 20.0. The lowest BCUT2D eigenvalue weighted by atomic mass is 10.1. The smallest absolute Gasteiger partial charge is 0.251 e. The van der Waals surface area contributed by atoms with Gasteiger partial charge in [-0.25, -0.2) is 4.39 Å². The van der Waals surface area contributed by atoms with Gasteiger partial charge < -0.3 is 15.4 Å². The quantitative estimate of drug-likeness (QED) is 0.331. The van der Waals surface area contributed by atoms with Crippen LogP contribution in [0.15, 0.2) is 67.6 Å². The summed E-state index contributed by atoms with van der Waals surface area (Å²) in [6, 6.07) is 9.64. The molecule has 0 fully saturated rings. The van der Waals surface area contributed by atoms with E-state index >= 15 is 4.39 Å². The molecule has 2 aromatic carbocycles. The SMILES string of the molecule is C=CCCn1cc(NC(=O)Cc2cc(C)c(Oc3ccnc4ccc(C(=O)NC)cc34)c(F)c2)cn1. The fraction of sp³-hybridized carbons (Fsp3) is 0.185. The standard InChI is InChI=1S/C27H26FN5O3/c1-4-5-10-33-16-20(15-31-33)32-25(34)13-18-11-17(2)26(22(28)12-18)36-24-8-9-30-23-7-6-19(14-21(23)24)27(35)29-3/h4,6-9,11-12,14-16H,1,5,10,13H2,2-3H3,(H,29,35)(H,32,34). The van der Waals surface area contributed by atoms with E-state index in [-0.39, 0.29) is 24.0 Å².